The molecule has 0 saturated carbocycles. The number of nitrogens with one attached hydrogen (secondary N) is 4. The van der Waals surface area contributed by atoms with Gasteiger partial charge in [-0.3, -0.25) is 4.79 Å². The van der Waals surface area contributed by atoms with Crippen molar-refractivity contribution in [2.24, 2.45) is 11.8 Å². The lowest BCUT2D eigenvalue weighted by atomic mass is 9.80. The van der Waals surface area contributed by atoms with E-state index in [0.717, 1.165) is 0 Å². The van der Waals surface area contributed by atoms with Gasteiger partial charge < -0.3 is 55.5 Å². The Kier molecular flexibility index (Phi) is 14.4. The Hall–Kier alpha value is -0.930. The van der Waals surface area contributed by atoms with Gasteiger partial charge in [0.05, 0.1) is 24.7 Å². The van der Waals surface area contributed by atoms with Crippen LogP contribution >= 0.6 is 0 Å². The Morgan fingerprint density at radius 1 is 0.464 bits per heavy atom. The Morgan fingerprint density at radius 3 is 1.05 bits per heavy atom. The second-order valence-corrected chi connectivity index (χ2v) is 23.6. The van der Waals surface area contributed by atoms with E-state index < -0.39 is 36.7 Å². The molecule has 0 amide bonds. The first-order chi connectivity index (χ1) is 25.1. The minimum absolute atomic E-state index is 0.0846. The summed E-state index contributed by atoms with van der Waals surface area (Å²) in [6.45, 7) is 33.9. The van der Waals surface area contributed by atoms with Crippen molar-refractivity contribution < 1.29 is 39.1 Å². The number of hydrogen-bond donors (Lipinski definition) is 7. The Labute approximate surface area is 340 Å². The second-order valence-electron chi connectivity index (χ2n) is 23.6. The summed E-state index contributed by atoms with van der Waals surface area (Å²) in [6, 6.07) is 0. The molecule has 4 aliphatic rings. The van der Waals surface area contributed by atoms with Gasteiger partial charge in [-0.25, -0.2) is 0 Å². The first kappa shape index (κ1) is 47.7. The average molecular weight is 797 g/mol. The maximum absolute atomic E-state index is 14.1. The van der Waals surface area contributed by atoms with Crippen LogP contribution < -0.4 is 21.3 Å². The second kappa shape index (κ2) is 16.8. The summed E-state index contributed by atoms with van der Waals surface area (Å²) in [5.41, 5.74) is -1.94. The minimum Gasteiger partial charge on any atom is -0.462 e. The molecule has 5 atom stereocenters. The van der Waals surface area contributed by atoms with Crippen LogP contribution in [0.5, 0.6) is 0 Å². The third kappa shape index (κ3) is 14.7. The van der Waals surface area contributed by atoms with Crippen LogP contribution in [-0.4, -0.2) is 109 Å². The van der Waals surface area contributed by atoms with Crippen LogP contribution in [0.2, 0.25) is 0 Å². The highest BCUT2D eigenvalue weighted by Crippen LogP contribution is 2.39. The Bertz CT molecular complexity index is 1270. The van der Waals surface area contributed by atoms with E-state index >= 15 is 0 Å². The lowest BCUT2D eigenvalue weighted by molar-refractivity contribution is -0.252. The van der Waals surface area contributed by atoms with Crippen LogP contribution in [0, 0.1) is 11.8 Å². The fourth-order valence-corrected chi connectivity index (χ4v) is 11.8. The van der Waals surface area contributed by atoms with Crippen molar-refractivity contribution in [3.63, 3.8) is 0 Å². The summed E-state index contributed by atoms with van der Waals surface area (Å²) in [5, 5.41) is 50.9. The lowest BCUT2D eigenvalue weighted by Crippen LogP contribution is -2.61. The largest absolute Gasteiger partial charge is 0.462 e. The fraction of sp³-hybridized carbons (Fsp3) is 0.977. The van der Waals surface area contributed by atoms with Crippen LogP contribution in [0.4, 0.5) is 0 Å². The topological polar surface area (TPSA) is 163 Å². The molecule has 12 nitrogen and oxygen atoms in total. The fourth-order valence-electron chi connectivity index (χ4n) is 11.8. The zero-order chi connectivity index (χ0) is 42.5. The van der Waals surface area contributed by atoms with Crippen molar-refractivity contribution in [3.8, 4) is 0 Å². The van der Waals surface area contributed by atoms with Crippen LogP contribution in [0.15, 0.2) is 0 Å². The number of piperidine rings is 4. The molecule has 0 aliphatic carbocycles. The number of hydrogen-bond acceptors (Lipinski definition) is 12. The van der Waals surface area contributed by atoms with E-state index in [1.54, 1.807) is 0 Å². The third-order valence-electron chi connectivity index (χ3n) is 12.1. The summed E-state index contributed by atoms with van der Waals surface area (Å²) in [4.78, 5) is 14.1. The molecule has 4 saturated heterocycles. The molecule has 5 unspecified atom stereocenters. The van der Waals surface area contributed by atoms with Crippen LogP contribution in [0.25, 0.3) is 0 Å². The summed E-state index contributed by atoms with van der Waals surface area (Å²) in [6.07, 6.45) is -0.574. The van der Waals surface area contributed by atoms with Crippen molar-refractivity contribution >= 4 is 5.97 Å². The van der Waals surface area contributed by atoms with Crippen LogP contribution in [0.1, 0.15) is 175 Å². The number of rotatable bonds is 14. The normalized spacial score (nSPS) is 30.1. The average Bonchev–Trinajstić information content (AvgIpc) is 2.87. The van der Waals surface area contributed by atoms with Crippen LogP contribution in [0.3, 0.4) is 0 Å². The van der Waals surface area contributed by atoms with E-state index in [-0.39, 0.29) is 81.6 Å². The van der Waals surface area contributed by atoms with Crippen molar-refractivity contribution in [3.05, 3.63) is 0 Å². The first-order valence-electron chi connectivity index (χ1n) is 21.5. The SMILES string of the molecule is CC1(C)CC(OC(=O)CC(C(O)OC2CC(C)(C)NC(C)(C)C2)C(CC(O)OC2CC(C)(C)NC(C)(C)C2)C(O)OC2CC(C)(C)NC(C)(C)C2)CC(C)(C)N1. The highest BCUT2D eigenvalue weighted by atomic mass is 16.6. The maximum atomic E-state index is 14.1. The third-order valence-corrected chi connectivity index (χ3v) is 12.1. The predicted molar refractivity (Wildman–Crippen MR) is 221 cm³/mol. The molecule has 4 heterocycles. The Morgan fingerprint density at radius 2 is 0.732 bits per heavy atom. The van der Waals surface area contributed by atoms with Gasteiger partial charge in [-0.1, -0.05) is 0 Å². The molecule has 328 valence electrons. The van der Waals surface area contributed by atoms with Gasteiger partial charge in [0, 0.05) is 75.4 Å². The first-order valence-corrected chi connectivity index (χ1v) is 21.5. The summed E-state index contributed by atoms with van der Waals surface area (Å²) in [7, 11) is 0. The van der Waals surface area contributed by atoms with E-state index in [2.05, 4.69) is 132 Å². The van der Waals surface area contributed by atoms with E-state index in [0.29, 0.717) is 51.4 Å². The van der Waals surface area contributed by atoms with Gasteiger partial charge >= 0.3 is 5.97 Å². The highest BCUT2D eigenvalue weighted by molar-refractivity contribution is 5.70. The molecule has 0 radical (unpaired) electrons. The van der Waals surface area contributed by atoms with Gasteiger partial charge in [0.25, 0.3) is 0 Å². The molecular weight excluding hydrogens is 713 g/mol. The molecule has 7 N–H and O–H groups in total. The number of esters is 1. The van der Waals surface area contributed by atoms with Crippen molar-refractivity contribution in [1.82, 2.24) is 21.3 Å². The van der Waals surface area contributed by atoms with E-state index in [9.17, 15) is 20.1 Å². The highest BCUT2D eigenvalue weighted by Gasteiger charge is 2.47. The standard InChI is InChI=1S/C44H84N4O8/c1-37(2)19-27(20-38(3,4)45-37)53-33(49)17-31(35(51)55-29-23-41(9,10)47-42(11,12)24-29)32(36(52)56-30-25-43(13,14)48-44(15,16)26-30)18-34(50)54-28-21-39(5,6)46-40(7,8)22-28/h27-33,35-36,45-49,51-52H,17-26H2,1-16H3. The Balaban J connectivity index is 1.67. The van der Waals surface area contributed by atoms with Gasteiger partial charge in [0.2, 0.25) is 0 Å². The lowest BCUT2D eigenvalue weighted by Gasteiger charge is -2.48. The molecule has 0 aromatic carbocycles. The van der Waals surface area contributed by atoms with E-state index in [1.807, 2.05) is 0 Å². The zero-order valence-electron chi connectivity index (χ0n) is 38.2. The summed E-state index contributed by atoms with van der Waals surface area (Å²) in [5.74, 6) is -2.41. The molecule has 4 aliphatic heterocycles. The number of carbonyl (C=O) groups is 1. The monoisotopic (exact) mass is 797 g/mol. The van der Waals surface area contributed by atoms with Gasteiger partial charge in [-0.15, -0.1) is 0 Å². The van der Waals surface area contributed by atoms with Gasteiger partial charge in [-0.05, 0) is 149 Å². The summed E-state index contributed by atoms with van der Waals surface area (Å²) >= 11 is 0. The summed E-state index contributed by atoms with van der Waals surface area (Å²) < 4.78 is 25.7. The molecule has 0 aromatic heterocycles. The molecule has 56 heavy (non-hydrogen) atoms. The van der Waals surface area contributed by atoms with Gasteiger partial charge in [-0.2, -0.15) is 0 Å². The van der Waals surface area contributed by atoms with E-state index in [4.69, 9.17) is 18.9 Å². The number of aliphatic hydroxyl groups excluding tert-OH is 3. The molecule has 0 aromatic rings. The quantitative estimate of drug-likeness (QED) is 0.0840. The van der Waals surface area contributed by atoms with Crippen molar-refractivity contribution in [1.29, 1.82) is 0 Å². The molecule has 4 fully saturated rings. The molecule has 12 heteroatoms. The number of ether oxygens (including phenoxy) is 4. The minimum atomic E-state index is -1.47. The van der Waals surface area contributed by atoms with Gasteiger partial charge in [0.15, 0.2) is 18.9 Å². The van der Waals surface area contributed by atoms with Crippen molar-refractivity contribution in [2.75, 3.05) is 0 Å². The molecule has 4 rings (SSSR count). The predicted octanol–water partition coefficient (Wildman–Crippen LogP) is 5.78. The number of aliphatic hydroxyl groups is 3. The molecule has 0 spiro atoms. The van der Waals surface area contributed by atoms with Crippen LogP contribution in [-0.2, 0) is 23.7 Å². The maximum Gasteiger partial charge on any atom is 0.306 e. The number of carbonyl (C=O) groups excluding carboxylic acids is 1. The zero-order valence-corrected chi connectivity index (χ0v) is 38.2. The van der Waals surface area contributed by atoms with E-state index in [1.165, 1.54) is 0 Å². The van der Waals surface area contributed by atoms with Gasteiger partial charge in [0.1, 0.15) is 6.10 Å². The van der Waals surface area contributed by atoms with Crippen molar-refractivity contribution in [2.45, 2.75) is 263 Å². The molecular formula is C44H84N4O8. The molecule has 0 bridgehead atoms. The smallest absolute Gasteiger partial charge is 0.306 e.